The minimum absolute atomic E-state index is 0.0805. The molecule has 0 unspecified atom stereocenters. The molecule has 0 aliphatic carbocycles. The quantitative estimate of drug-likeness (QED) is 0.583. The van der Waals surface area contributed by atoms with Crippen LogP contribution in [-0.2, 0) is 5.41 Å². The van der Waals surface area contributed by atoms with Crippen LogP contribution in [0.25, 0.3) is 6.08 Å². The average molecular weight is 297 g/mol. The van der Waals surface area contributed by atoms with Gasteiger partial charge >= 0.3 is 0 Å². The molecule has 22 heavy (non-hydrogen) atoms. The highest BCUT2D eigenvalue weighted by molar-refractivity contribution is 5.78. The van der Waals surface area contributed by atoms with Crippen LogP contribution in [0.4, 0.5) is 5.69 Å². The Bertz CT molecular complexity index is 590. The van der Waals surface area contributed by atoms with Gasteiger partial charge in [0, 0.05) is 23.3 Å². The van der Waals surface area contributed by atoms with Crippen LogP contribution in [0.1, 0.15) is 70.6 Å². The first-order valence-corrected chi connectivity index (χ1v) is 8.70. The van der Waals surface area contributed by atoms with E-state index in [4.69, 9.17) is 0 Å². The Morgan fingerprint density at radius 2 is 1.86 bits per heavy atom. The van der Waals surface area contributed by atoms with Crippen molar-refractivity contribution < 1.29 is 0 Å². The third-order valence-corrected chi connectivity index (χ3v) is 4.88. The predicted molar refractivity (Wildman–Crippen MR) is 99.5 cm³/mol. The molecule has 1 heteroatoms. The molecule has 0 aromatic heterocycles. The molecule has 1 nitrogen and oxygen atoms in total. The van der Waals surface area contributed by atoms with Gasteiger partial charge in [-0.15, -0.1) is 0 Å². The van der Waals surface area contributed by atoms with Crippen molar-refractivity contribution in [3.63, 3.8) is 0 Å². The molecule has 0 fully saturated rings. The lowest BCUT2D eigenvalue weighted by Crippen LogP contribution is -2.27. The maximum atomic E-state index is 2.55. The summed E-state index contributed by atoms with van der Waals surface area (Å²) in [5, 5.41) is 0. The van der Waals surface area contributed by atoms with Crippen molar-refractivity contribution in [2.24, 2.45) is 0 Å². The van der Waals surface area contributed by atoms with E-state index < -0.39 is 0 Å². The lowest BCUT2D eigenvalue weighted by Gasteiger charge is -2.27. The van der Waals surface area contributed by atoms with E-state index in [1.807, 2.05) is 0 Å². The molecule has 0 saturated carbocycles. The first-order valence-electron chi connectivity index (χ1n) is 8.70. The van der Waals surface area contributed by atoms with E-state index >= 15 is 0 Å². The van der Waals surface area contributed by atoms with Crippen LogP contribution in [0.5, 0.6) is 0 Å². The number of rotatable bonds is 5. The van der Waals surface area contributed by atoms with Crippen molar-refractivity contribution in [1.29, 1.82) is 0 Å². The van der Waals surface area contributed by atoms with E-state index in [0.717, 1.165) is 6.54 Å². The summed E-state index contributed by atoms with van der Waals surface area (Å²) in [6, 6.07) is 4.59. The smallest absolute Gasteiger partial charge is 0.0456 e. The van der Waals surface area contributed by atoms with Gasteiger partial charge in [0.25, 0.3) is 0 Å². The Morgan fingerprint density at radius 3 is 2.45 bits per heavy atom. The third-order valence-electron chi connectivity index (χ3n) is 4.88. The van der Waals surface area contributed by atoms with Crippen LogP contribution in [0.2, 0.25) is 0 Å². The molecular weight excluding hydrogens is 266 g/mol. The molecule has 0 amide bonds. The van der Waals surface area contributed by atoms with E-state index in [1.165, 1.54) is 47.3 Å². The van der Waals surface area contributed by atoms with Gasteiger partial charge in [-0.1, -0.05) is 57.9 Å². The second-order valence-electron chi connectivity index (χ2n) is 6.85. The molecule has 1 aromatic carbocycles. The van der Waals surface area contributed by atoms with Gasteiger partial charge in [-0.3, -0.25) is 0 Å². The monoisotopic (exact) mass is 297 g/mol. The maximum absolute atomic E-state index is 2.55. The molecule has 0 N–H and O–H groups in total. The first-order chi connectivity index (χ1) is 10.5. The van der Waals surface area contributed by atoms with Gasteiger partial charge < -0.3 is 4.90 Å². The van der Waals surface area contributed by atoms with E-state index in [0.29, 0.717) is 0 Å². The summed E-state index contributed by atoms with van der Waals surface area (Å²) in [6.07, 6.45) is 10.6. The Hall–Kier alpha value is -1.50. The molecule has 0 saturated heterocycles. The van der Waals surface area contributed by atoms with E-state index in [1.54, 1.807) is 0 Å². The van der Waals surface area contributed by atoms with Crippen molar-refractivity contribution in [3.05, 3.63) is 46.7 Å². The summed E-state index contributed by atoms with van der Waals surface area (Å²) in [7, 11) is 0. The fourth-order valence-electron chi connectivity index (χ4n) is 3.85. The second-order valence-corrected chi connectivity index (χ2v) is 6.85. The van der Waals surface area contributed by atoms with Gasteiger partial charge in [-0.2, -0.15) is 0 Å². The fourth-order valence-corrected chi connectivity index (χ4v) is 3.85. The van der Waals surface area contributed by atoms with Gasteiger partial charge in [-0.05, 0) is 49.9 Å². The molecule has 0 atom stereocenters. The van der Waals surface area contributed by atoms with Gasteiger partial charge in [0.15, 0.2) is 0 Å². The maximum Gasteiger partial charge on any atom is 0.0456 e. The van der Waals surface area contributed by atoms with E-state index in [2.05, 4.69) is 76.8 Å². The van der Waals surface area contributed by atoms with Gasteiger partial charge in [0.2, 0.25) is 0 Å². The third kappa shape index (κ3) is 2.74. The summed E-state index contributed by atoms with van der Waals surface area (Å²) in [5.74, 6) is 0. The summed E-state index contributed by atoms with van der Waals surface area (Å²) in [6.45, 7) is 14.6. The summed E-state index contributed by atoms with van der Waals surface area (Å²) in [5.41, 5.74) is 7.22. The second kappa shape index (κ2) is 6.73. The minimum atomic E-state index is 0.0805. The number of nitrogens with zero attached hydrogens (tertiary/aromatic N) is 1. The SMILES string of the molecule is CC=Cc1c(C)ccc2c1C(C)(C)C(=CC)N2CCCCC. The van der Waals surface area contributed by atoms with Crippen LogP contribution < -0.4 is 4.90 Å². The van der Waals surface area contributed by atoms with Gasteiger partial charge in [0.1, 0.15) is 0 Å². The standard InChI is InChI=1S/C21H31N/c1-7-10-11-15-22-18-14-13-16(4)17(12-8-2)20(18)21(5,6)19(22)9-3/h8-9,12-14H,7,10-11,15H2,1-6H3. The van der Waals surface area contributed by atoms with Crippen molar-refractivity contribution in [3.8, 4) is 0 Å². The molecule has 1 aliphatic heterocycles. The van der Waals surface area contributed by atoms with Crippen LogP contribution in [0.15, 0.2) is 30.0 Å². The average Bonchev–Trinajstić information content (AvgIpc) is 2.69. The number of hydrogen-bond donors (Lipinski definition) is 0. The van der Waals surface area contributed by atoms with Crippen molar-refractivity contribution in [1.82, 2.24) is 0 Å². The number of anilines is 1. The number of aryl methyl sites for hydroxylation is 1. The zero-order chi connectivity index (χ0) is 16.3. The van der Waals surface area contributed by atoms with Crippen LogP contribution in [-0.4, -0.2) is 6.54 Å². The summed E-state index contributed by atoms with van der Waals surface area (Å²) >= 11 is 0. The predicted octanol–water partition coefficient (Wildman–Crippen LogP) is 6.22. The molecule has 2 rings (SSSR count). The number of allylic oxidation sites excluding steroid dienone is 3. The molecule has 1 aliphatic rings. The highest BCUT2D eigenvalue weighted by Gasteiger charge is 2.41. The largest absolute Gasteiger partial charge is 0.344 e. The topological polar surface area (TPSA) is 3.24 Å². The van der Waals surface area contributed by atoms with Crippen molar-refractivity contribution in [2.45, 2.75) is 66.2 Å². The van der Waals surface area contributed by atoms with Crippen LogP contribution in [0, 0.1) is 6.92 Å². The van der Waals surface area contributed by atoms with E-state index in [9.17, 15) is 0 Å². The number of hydrogen-bond acceptors (Lipinski definition) is 1. The number of fused-ring (bicyclic) bond motifs is 1. The fraction of sp³-hybridized carbons (Fsp3) is 0.524. The zero-order valence-electron chi connectivity index (χ0n) is 15.2. The molecule has 1 aromatic rings. The zero-order valence-corrected chi connectivity index (χ0v) is 15.2. The van der Waals surface area contributed by atoms with Gasteiger partial charge in [-0.25, -0.2) is 0 Å². The van der Waals surface area contributed by atoms with Gasteiger partial charge in [0.05, 0.1) is 0 Å². The number of benzene rings is 1. The number of unbranched alkanes of at least 4 members (excludes halogenated alkanes) is 2. The Kier molecular flexibility index (Phi) is 5.16. The Labute approximate surface area is 136 Å². The van der Waals surface area contributed by atoms with Crippen LogP contribution in [0.3, 0.4) is 0 Å². The Balaban J connectivity index is 2.57. The van der Waals surface area contributed by atoms with Crippen molar-refractivity contribution in [2.75, 3.05) is 11.4 Å². The lowest BCUT2D eigenvalue weighted by atomic mass is 9.80. The lowest BCUT2D eigenvalue weighted by molar-refractivity contribution is 0.616. The van der Waals surface area contributed by atoms with Crippen molar-refractivity contribution >= 4 is 11.8 Å². The summed E-state index contributed by atoms with van der Waals surface area (Å²) < 4.78 is 0. The normalized spacial score (nSPS) is 18.5. The summed E-state index contributed by atoms with van der Waals surface area (Å²) in [4.78, 5) is 2.55. The Morgan fingerprint density at radius 1 is 1.14 bits per heavy atom. The molecule has 0 radical (unpaired) electrons. The molecule has 0 bridgehead atoms. The minimum Gasteiger partial charge on any atom is -0.344 e. The highest BCUT2D eigenvalue weighted by atomic mass is 15.2. The molecule has 1 heterocycles. The van der Waals surface area contributed by atoms with Crippen LogP contribution >= 0.6 is 0 Å². The highest BCUT2D eigenvalue weighted by Crippen LogP contribution is 2.50. The first kappa shape index (κ1) is 16.9. The molecule has 120 valence electrons. The molecular formula is C21H31N. The molecule has 0 spiro atoms. The van der Waals surface area contributed by atoms with E-state index in [-0.39, 0.29) is 5.41 Å².